The third-order valence-corrected chi connectivity index (χ3v) is 4.25. The van der Waals surface area contributed by atoms with E-state index in [1.165, 1.54) is 0 Å². The predicted molar refractivity (Wildman–Crippen MR) is 81.8 cm³/mol. The van der Waals surface area contributed by atoms with Crippen molar-refractivity contribution in [1.29, 1.82) is 0 Å². The summed E-state index contributed by atoms with van der Waals surface area (Å²) < 4.78 is 112. The quantitative estimate of drug-likeness (QED) is 0.415. The van der Waals surface area contributed by atoms with Crippen LogP contribution in [0.1, 0.15) is 11.1 Å². The minimum atomic E-state index is -6.35. The van der Waals surface area contributed by atoms with Gasteiger partial charge in [-0.15, -0.1) is 0 Å². The van der Waals surface area contributed by atoms with Crippen LogP contribution < -0.4 is 5.32 Å². The van der Waals surface area contributed by atoms with Crippen LogP contribution in [0.25, 0.3) is 0 Å². The monoisotopic (exact) mass is 423 g/mol. The topological polar surface area (TPSA) is 92.7 Å². The number of halogens is 6. The maximum Gasteiger partial charge on any atom is 0.438 e. The molecule has 0 aliphatic carbocycles. The number of carbonyl (C=O) groups excluding carboxylic acids is 1. The van der Waals surface area contributed by atoms with E-state index in [0.717, 1.165) is 0 Å². The molecule has 0 saturated carbocycles. The van der Waals surface area contributed by atoms with Gasteiger partial charge in [0.1, 0.15) is 12.3 Å². The number of ether oxygens (including phenoxy) is 1. The van der Waals surface area contributed by atoms with E-state index >= 15 is 0 Å². The van der Waals surface area contributed by atoms with Gasteiger partial charge in [0.05, 0.1) is 0 Å². The zero-order valence-electron chi connectivity index (χ0n) is 13.9. The molecule has 0 spiro atoms. The number of hydrogen-bond donors (Lipinski definition) is 2. The first-order valence-electron chi connectivity index (χ1n) is 7.11. The van der Waals surface area contributed by atoms with Crippen LogP contribution in [0.15, 0.2) is 18.2 Å². The van der Waals surface area contributed by atoms with Crippen molar-refractivity contribution in [3.8, 4) is 0 Å². The fraction of sp³-hybridized carbons (Fsp3) is 0.500. The third kappa shape index (κ3) is 5.48. The molecule has 0 saturated heterocycles. The summed E-state index contributed by atoms with van der Waals surface area (Å²) in [6.45, 7) is 2.05. The van der Waals surface area contributed by atoms with Gasteiger partial charge in [0.2, 0.25) is 0 Å². The lowest BCUT2D eigenvalue weighted by atomic mass is 10.1. The highest BCUT2D eigenvalue weighted by molar-refractivity contribution is 7.85. The Labute approximate surface area is 150 Å². The standard InChI is InChI=1S/C14H15F6NO5S/c1-8-4-3-5-9(2)11(8)21-6-10(22)26-12(13(15,16)17,14(18,19)20)7-27(23,24)25/h3-5,21H,6-7H2,1-2H3,(H,23,24,25). The summed E-state index contributed by atoms with van der Waals surface area (Å²) in [4.78, 5) is 11.7. The number of esters is 1. The van der Waals surface area contributed by atoms with Gasteiger partial charge in [0.15, 0.2) is 0 Å². The van der Waals surface area contributed by atoms with Crippen molar-refractivity contribution in [2.45, 2.75) is 31.8 Å². The second-order valence-electron chi connectivity index (χ2n) is 5.64. The molecule has 0 atom stereocenters. The van der Waals surface area contributed by atoms with Gasteiger partial charge < -0.3 is 10.1 Å². The highest BCUT2D eigenvalue weighted by Crippen LogP contribution is 2.46. The molecule has 0 fully saturated rings. The van der Waals surface area contributed by atoms with E-state index in [2.05, 4.69) is 10.1 Å². The highest BCUT2D eigenvalue weighted by atomic mass is 32.2. The first-order chi connectivity index (χ1) is 12.0. The Balaban J connectivity index is 3.17. The predicted octanol–water partition coefficient (Wildman–Crippen LogP) is 3.01. The first kappa shape index (κ1) is 23.0. The van der Waals surface area contributed by atoms with E-state index in [1.54, 1.807) is 32.0 Å². The van der Waals surface area contributed by atoms with E-state index in [1.807, 2.05) is 0 Å². The number of benzene rings is 1. The van der Waals surface area contributed by atoms with Crippen LogP contribution in [0, 0.1) is 13.8 Å². The second kappa shape index (κ2) is 7.54. The van der Waals surface area contributed by atoms with Gasteiger partial charge in [0, 0.05) is 5.69 Å². The highest BCUT2D eigenvalue weighted by Gasteiger charge is 2.75. The van der Waals surface area contributed by atoms with Gasteiger partial charge in [0.25, 0.3) is 10.1 Å². The molecule has 154 valence electrons. The molecule has 0 bridgehead atoms. The number of hydrogen-bond acceptors (Lipinski definition) is 5. The number of rotatable bonds is 6. The number of anilines is 1. The summed E-state index contributed by atoms with van der Waals surface area (Å²) in [7, 11) is -5.81. The summed E-state index contributed by atoms with van der Waals surface area (Å²) in [6.07, 6.45) is -12.7. The molecular formula is C14H15F6NO5S. The molecule has 1 aromatic carbocycles. The molecular weight excluding hydrogens is 408 g/mol. The van der Waals surface area contributed by atoms with Crippen molar-refractivity contribution in [2.24, 2.45) is 0 Å². The number of carbonyl (C=O) groups is 1. The molecule has 0 heterocycles. The van der Waals surface area contributed by atoms with Gasteiger partial charge in [-0.1, -0.05) is 18.2 Å². The van der Waals surface area contributed by atoms with Crippen molar-refractivity contribution in [2.75, 3.05) is 17.6 Å². The summed E-state index contributed by atoms with van der Waals surface area (Å²) in [6, 6.07) is 4.79. The molecule has 0 aromatic heterocycles. The minimum absolute atomic E-state index is 0.286. The molecule has 0 amide bonds. The number of alkyl halides is 6. The van der Waals surface area contributed by atoms with Crippen molar-refractivity contribution < 1.29 is 48.8 Å². The largest absolute Gasteiger partial charge is 0.438 e. The van der Waals surface area contributed by atoms with Gasteiger partial charge in [-0.05, 0) is 25.0 Å². The van der Waals surface area contributed by atoms with E-state index < -0.39 is 46.3 Å². The normalized spacial score (nSPS) is 13.4. The van der Waals surface area contributed by atoms with Gasteiger partial charge in [-0.25, -0.2) is 0 Å². The van der Waals surface area contributed by atoms with Crippen molar-refractivity contribution in [3.05, 3.63) is 29.3 Å². The van der Waals surface area contributed by atoms with Crippen LogP contribution >= 0.6 is 0 Å². The number of nitrogens with one attached hydrogen (secondary N) is 1. The summed E-state index contributed by atoms with van der Waals surface area (Å²) in [5.41, 5.74) is -4.02. The molecule has 13 heteroatoms. The molecule has 1 aromatic rings. The van der Waals surface area contributed by atoms with Crippen LogP contribution in [-0.2, 0) is 19.6 Å². The zero-order valence-corrected chi connectivity index (χ0v) is 14.7. The fourth-order valence-corrected chi connectivity index (χ4v) is 3.11. The van der Waals surface area contributed by atoms with E-state index in [-0.39, 0.29) is 5.69 Å². The van der Waals surface area contributed by atoms with E-state index in [4.69, 9.17) is 4.55 Å². The Morgan fingerprint density at radius 2 is 1.52 bits per heavy atom. The number of para-hydroxylation sites is 1. The SMILES string of the molecule is Cc1cccc(C)c1NCC(=O)OC(CS(=O)(=O)O)(C(F)(F)F)C(F)(F)F. The third-order valence-electron chi connectivity index (χ3n) is 3.48. The summed E-state index contributed by atoms with van der Waals surface area (Å²) in [5.74, 6) is -4.93. The Morgan fingerprint density at radius 3 is 1.89 bits per heavy atom. The van der Waals surface area contributed by atoms with Crippen molar-refractivity contribution >= 4 is 21.8 Å². The molecule has 0 aliphatic rings. The maximum atomic E-state index is 13.1. The van der Waals surface area contributed by atoms with Crippen molar-refractivity contribution in [1.82, 2.24) is 0 Å². The Kier molecular flexibility index (Phi) is 6.43. The van der Waals surface area contributed by atoms with Crippen LogP contribution in [0.4, 0.5) is 32.0 Å². The lowest BCUT2D eigenvalue weighted by molar-refractivity contribution is -0.361. The van der Waals surface area contributed by atoms with Gasteiger partial charge in [-0.3, -0.25) is 9.35 Å². The lowest BCUT2D eigenvalue weighted by Gasteiger charge is -2.35. The number of aryl methyl sites for hydroxylation is 2. The second-order valence-corrected chi connectivity index (χ2v) is 7.10. The maximum absolute atomic E-state index is 13.1. The zero-order chi connectivity index (χ0) is 21.3. The first-order valence-corrected chi connectivity index (χ1v) is 8.71. The van der Waals surface area contributed by atoms with E-state index in [9.17, 15) is 39.6 Å². The smallest absolute Gasteiger partial charge is 0.437 e. The van der Waals surface area contributed by atoms with Crippen LogP contribution in [0.2, 0.25) is 0 Å². The molecule has 0 unspecified atom stereocenters. The Hall–Kier alpha value is -2.02. The molecule has 0 aliphatic heterocycles. The fourth-order valence-electron chi connectivity index (χ4n) is 2.21. The van der Waals surface area contributed by atoms with E-state index in [0.29, 0.717) is 11.1 Å². The van der Waals surface area contributed by atoms with Gasteiger partial charge in [-0.2, -0.15) is 34.8 Å². The molecule has 2 N–H and O–H groups in total. The molecule has 1 rings (SSSR count). The van der Waals surface area contributed by atoms with Gasteiger partial charge >= 0.3 is 23.9 Å². The van der Waals surface area contributed by atoms with Crippen molar-refractivity contribution in [3.63, 3.8) is 0 Å². The van der Waals surface area contributed by atoms with Crippen LogP contribution in [0.5, 0.6) is 0 Å². The Morgan fingerprint density at radius 1 is 1.07 bits per heavy atom. The minimum Gasteiger partial charge on any atom is -0.437 e. The lowest BCUT2D eigenvalue weighted by Crippen LogP contribution is -2.63. The molecule has 27 heavy (non-hydrogen) atoms. The van der Waals surface area contributed by atoms with Crippen LogP contribution in [0.3, 0.4) is 0 Å². The summed E-state index contributed by atoms with van der Waals surface area (Å²) >= 11 is 0. The average molecular weight is 423 g/mol. The molecule has 6 nitrogen and oxygen atoms in total. The Bertz CT molecular complexity index is 769. The summed E-state index contributed by atoms with van der Waals surface area (Å²) in [5, 5.41) is 2.35. The molecule has 0 radical (unpaired) electrons. The average Bonchev–Trinajstić information content (AvgIpc) is 2.42. The van der Waals surface area contributed by atoms with Crippen LogP contribution in [-0.4, -0.2) is 49.2 Å².